The van der Waals surface area contributed by atoms with E-state index in [4.69, 9.17) is 4.74 Å². The smallest absolute Gasteiger partial charge is 0.254 e. The molecule has 1 aromatic carbocycles. The number of hydrogen-bond donors (Lipinski definition) is 0. The Bertz CT molecular complexity index is 630. The summed E-state index contributed by atoms with van der Waals surface area (Å²) in [4.78, 5) is 14.3. The number of morpholine rings is 1. The third-order valence-corrected chi connectivity index (χ3v) is 6.02. The van der Waals surface area contributed by atoms with Crippen molar-refractivity contribution in [3.63, 3.8) is 0 Å². The minimum absolute atomic E-state index is 0.0755. The molecule has 0 atom stereocenters. The first-order valence-corrected chi connectivity index (χ1v) is 9.00. The summed E-state index contributed by atoms with van der Waals surface area (Å²) in [6, 6.07) is 6.25. The SMILES string of the molecule is O=C(c1ccc(S(=O)(=O)N2CCCC2)cc1)N1CCOCC1. The van der Waals surface area contributed by atoms with Crippen LogP contribution in [0.3, 0.4) is 0 Å². The Labute approximate surface area is 130 Å². The van der Waals surface area contributed by atoms with E-state index in [1.807, 2.05) is 0 Å². The van der Waals surface area contributed by atoms with Gasteiger partial charge in [-0.25, -0.2) is 8.42 Å². The number of carbonyl (C=O) groups is 1. The van der Waals surface area contributed by atoms with Gasteiger partial charge in [-0.1, -0.05) is 0 Å². The molecule has 2 fully saturated rings. The maximum atomic E-state index is 12.4. The first kappa shape index (κ1) is 15.5. The van der Waals surface area contributed by atoms with Crippen LogP contribution in [0.2, 0.25) is 0 Å². The van der Waals surface area contributed by atoms with Crippen LogP contribution in [0.1, 0.15) is 23.2 Å². The van der Waals surface area contributed by atoms with Crippen LogP contribution in [0.4, 0.5) is 0 Å². The minimum atomic E-state index is -3.42. The van der Waals surface area contributed by atoms with Crippen LogP contribution in [0.25, 0.3) is 0 Å². The van der Waals surface area contributed by atoms with E-state index in [2.05, 4.69) is 0 Å². The second kappa shape index (κ2) is 6.36. The van der Waals surface area contributed by atoms with Crippen molar-refractivity contribution >= 4 is 15.9 Å². The number of benzene rings is 1. The first-order chi connectivity index (χ1) is 10.6. The Hall–Kier alpha value is -1.44. The zero-order chi connectivity index (χ0) is 15.6. The van der Waals surface area contributed by atoms with E-state index in [1.54, 1.807) is 17.0 Å². The molecule has 0 unspecified atom stereocenters. The molecule has 1 amide bonds. The van der Waals surface area contributed by atoms with Gasteiger partial charge in [0.05, 0.1) is 18.1 Å². The van der Waals surface area contributed by atoms with E-state index < -0.39 is 10.0 Å². The molecule has 3 rings (SSSR count). The molecular formula is C15H20N2O4S. The summed E-state index contributed by atoms with van der Waals surface area (Å²) in [7, 11) is -3.42. The van der Waals surface area contributed by atoms with Crippen molar-refractivity contribution < 1.29 is 17.9 Å². The van der Waals surface area contributed by atoms with Crippen molar-refractivity contribution in [1.29, 1.82) is 0 Å². The maximum absolute atomic E-state index is 12.4. The van der Waals surface area contributed by atoms with Gasteiger partial charge in [0.1, 0.15) is 0 Å². The highest BCUT2D eigenvalue weighted by Crippen LogP contribution is 2.21. The van der Waals surface area contributed by atoms with Gasteiger partial charge in [-0.15, -0.1) is 0 Å². The summed E-state index contributed by atoms with van der Waals surface area (Å²) in [5.41, 5.74) is 0.516. The number of sulfonamides is 1. The van der Waals surface area contributed by atoms with Crippen molar-refractivity contribution in [2.45, 2.75) is 17.7 Å². The molecule has 2 heterocycles. The number of nitrogens with zero attached hydrogens (tertiary/aromatic N) is 2. The average Bonchev–Trinajstić information content (AvgIpc) is 3.10. The number of carbonyl (C=O) groups excluding carboxylic acids is 1. The Morgan fingerprint density at radius 2 is 1.55 bits per heavy atom. The maximum Gasteiger partial charge on any atom is 0.254 e. The van der Waals surface area contributed by atoms with Crippen molar-refractivity contribution in [2.24, 2.45) is 0 Å². The summed E-state index contributed by atoms with van der Waals surface area (Å²) in [6.45, 7) is 3.41. The van der Waals surface area contributed by atoms with Crippen molar-refractivity contribution in [2.75, 3.05) is 39.4 Å². The van der Waals surface area contributed by atoms with Crippen LogP contribution >= 0.6 is 0 Å². The van der Waals surface area contributed by atoms with E-state index in [0.717, 1.165) is 12.8 Å². The number of rotatable bonds is 3. The molecule has 0 spiro atoms. The fourth-order valence-electron chi connectivity index (χ4n) is 2.80. The van der Waals surface area contributed by atoms with Gasteiger partial charge in [0.15, 0.2) is 0 Å². The van der Waals surface area contributed by atoms with Crippen LogP contribution in [0.15, 0.2) is 29.2 Å². The Balaban J connectivity index is 1.76. The molecule has 0 aromatic heterocycles. The highest BCUT2D eigenvalue weighted by atomic mass is 32.2. The number of amides is 1. The summed E-state index contributed by atoms with van der Waals surface area (Å²) in [5.74, 6) is -0.0755. The van der Waals surface area contributed by atoms with Gasteiger partial charge in [-0.2, -0.15) is 4.31 Å². The average molecular weight is 324 g/mol. The summed E-state index contributed by atoms with van der Waals surface area (Å²) in [5, 5.41) is 0. The molecule has 2 aliphatic rings. The lowest BCUT2D eigenvalue weighted by atomic mass is 10.2. The lowest BCUT2D eigenvalue weighted by molar-refractivity contribution is 0.0303. The molecule has 6 nitrogen and oxygen atoms in total. The minimum Gasteiger partial charge on any atom is -0.378 e. The largest absolute Gasteiger partial charge is 0.378 e. The highest BCUT2D eigenvalue weighted by Gasteiger charge is 2.27. The van der Waals surface area contributed by atoms with Crippen molar-refractivity contribution in [3.05, 3.63) is 29.8 Å². The second-order valence-corrected chi connectivity index (χ2v) is 7.48. The molecule has 0 bridgehead atoms. The van der Waals surface area contributed by atoms with E-state index in [9.17, 15) is 13.2 Å². The van der Waals surface area contributed by atoms with Gasteiger partial charge in [-0.05, 0) is 37.1 Å². The summed E-state index contributed by atoms with van der Waals surface area (Å²) >= 11 is 0. The molecular weight excluding hydrogens is 304 g/mol. The number of hydrogen-bond acceptors (Lipinski definition) is 4. The van der Waals surface area contributed by atoms with E-state index in [-0.39, 0.29) is 10.8 Å². The third kappa shape index (κ3) is 3.02. The van der Waals surface area contributed by atoms with Crippen LogP contribution in [-0.2, 0) is 14.8 Å². The number of ether oxygens (including phenoxy) is 1. The van der Waals surface area contributed by atoms with Crippen LogP contribution in [-0.4, -0.2) is 62.9 Å². The molecule has 1 aromatic rings. The molecule has 22 heavy (non-hydrogen) atoms. The predicted molar refractivity (Wildman–Crippen MR) is 81.2 cm³/mol. The Morgan fingerprint density at radius 3 is 2.14 bits per heavy atom. The van der Waals surface area contributed by atoms with Crippen LogP contribution in [0, 0.1) is 0 Å². The van der Waals surface area contributed by atoms with Crippen LogP contribution < -0.4 is 0 Å². The predicted octanol–water partition coefficient (Wildman–Crippen LogP) is 0.944. The van der Waals surface area contributed by atoms with Gasteiger partial charge in [0.2, 0.25) is 10.0 Å². The van der Waals surface area contributed by atoms with Crippen molar-refractivity contribution in [3.8, 4) is 0 Å². The van der Waals surface area contributed by atoms with Gasteiger partial charge >= 0.3 is 0 Å². The fourth-order valence-corrected chi connectivity index (χ4v) is 4.31. The lowest BCUT2D eigenvalue weighted by Gasteiger charge is -2.27. The first-order valence-electron chi connectivity index (χ1n) is 7.56. The normalized spacial score (nSPS) is 20.3. The molecule has 2 aliphatic heterocycles. The molecule has 0 saturated carbocycles. The lowest BCUT2D eigenvalue weighted by Crippen LogP contribution is -2.40. The topological polar surface area (TPSA) is 66.9 Å². The van der Waals surface area contributed by atoms with Gasteiger partial charge in [0, 0.05) is 31.7 Å². The standard InChI is InChI=1S/C15H20N2O4S/c18-15(16-9-11-21-12-10-16)13-3-5-14(6-4-13)22(19,20)17-7-1-2-8-17/h3-6H,1-2,7-12H2. The van der Waals surface area contributed by atoms with E-state index in [1.165, 1.54) is 16.4 Å². The zero-order valence-corrected chi connectivity index (χ0v) is 13.2. The molecule has 0 aliphatic carbocycles. The van der Waals surface area contributed by atoms with Gasteiger partial charge in [-0.3, -0.25) is 4.79 Å². The van der Waals surface area contributed by atoms with Gasteiger partial charge in [0.25, 0.3) is 5.91 Å². The summed E-state index contributed by atoms with van der Waals surface area (Å²) in [6.07, 6.45) is 1.82. The molecule has 120 valence electrons. The molecule has 7 heteroatoms. The molecule has 0 N–H and O–H groups in total. The van der Waals surface area contributed by atoms with E-state index >= 15 is 0 Å². The second-order valence-electron chi connectivity index (χ2n) is 5.54. The molecule has 2 saturated heterocycles. The monoisotopic (exact) mass is 324 g/mol. The summed E-state index contributed by atoms with van der Waals surface area (Å²) < 4.78 is 31.6. The highest BCUT2D eigenvalue weighted by molar-refractivity contribution is 7.89. The van der Waals surface area contributed by atoms with Crippen molar-refractivity contribution in [1.82, 2.24) is 9.21 Å². The third-order valence-electron chi connectivity index (χ3n) is 4.10. The van der Waals surface area contributed by atoms with Gasteiger partial charge < -0.3 is 9.64 Å². The Morgan fingerprint density at radius 1 is 0.955 bits per heavy atom. The fraction of sp³-hybridized carbons (Fsp3) is 0.533. The molecule has 0 radical (unpaired) electrons. The van der Waals surface area contributed by atoms with E-state index in [0.29, 0.717) is 45.0 Å². The zero-order valence-electron chi connectivity index (χ0n) is 12.4. The quantitative estimate of drug-likeness (QED) is 0.830. The Kier molecular flexibility index (Phi) is 4.46. The van der Waals surface area contributed by atoms with Crippen LogP contribution in [0.5, 0.6) is 0 Å².